The van der Waals surface area contributed by atoms with Crippen molar-refractivity contribution in [1.82, 2.24) is 0 Å². The fraction of sp³-hybridized carbons (Fsp3) is 0.900. The molecule has 1 rings (SSSR count). The van der Waals surface area contributed by atoms with Gasteiger partial charge in [-0.05, 0) is 19.8 Å². The minimum atomic E-state index is -1.06. The number of ether oxygens (including phenoxy) is 1. The molecule has 0 aromatic heterocycles. The SMILES string of the molecule is CC([NH3+])COC1CCCC(C(=O)[O-])C1Cl. The Morgan fingerprint density at radius 2 is 2.33 bits per heavy atom. The molecule has 4 atom stereocenters. The molecule has 0 heterocycles. The van der Waals surface area contributed by atoms with E-state index in [9.17, 15) is 9.90 Å². The molecule has 1 saturated carbocycles. The molecule has 0 aromatic carbocycles. The summed E-state index contributed by atoms with van der Waals surface area (Å²) in [6.07, 6.45) is 2.08. The highest BCUT2D eigenvalue weighted by Crippen LogP contribution is 2.30. The van der Waals surface area contributed by atoms with E-state index in [4.69, 9.17) is 16.3 Å². The highest BCUT2D eigenvalue weighted by molar-refractivity contribution is 6.22. The lowest BCUT2D eigenvalue weighted by molar-refractivity contribution is -0.422. The molecule has 0 spiro atoms. The number of rotatable bonds is 4. The van der Waals surface area contributed by atoms with Crippen LogP contribution in [0.2, 0.25) is 0 Å². The lowest BCUT2D eigenvalue weighted by Gasteiger charge is -2.34. The van der Waals surface area contributed by atoms with Gasteiger partial charge in [-0.15, -0.1) is 11.6 Å². The van der Waals surface area contributed by atoms with Crippen molar-refractivity contribution < 1.29 is 20.4 Å². The molecular weight excluding hydrogens is 218 g/mol. The number of halogens is 1. The molecule has 0 amide bonds. The van der Waals surface area contributed by atoms with E-state index >= 15 is 0 Å². The summed E-state index contributed by atoms with van der Waals surface area (Å²) in [6.45, 7) is 2.47. The summed E-state index contributed by atoms with van der Waals surface area (Å²) in [5, 5.41) is 10.3. The van der Waals surface area contributed by atoms with Crippen molar-refractivity contribution in [2.24, 2.45) is 5.92 Å². The lowest BCUT2D eigenvalue weighted by Crippen LogP contribution is -2.61. The van der Waals surface area contributed by atoms with Crippen LogP contribution in [0.15, 0.2) is 0 Å². The number of quaternary nitrogens is 1. The molecule has 0 aliphatic heterocycles. The molecule has 88 valence electrons. The van der Waals surface area contributed by atoms with E-state index in [-0.39, 0.29) is 12.1 Å². The zero-order valence-electron chi connectivity index (χ0n) is 8.95. The van der Waals surface area contributed by atoms with Gasteiger partial charge in [-0.1, -0.05) is 6.42 Å². The van der Waals surface area contributed by atoms with Crippen molar-refractivity contribution in [1.29, 1.82) is 0 Å². The number of carbonyl (C=O) groups is 1. The van der Waals surface area contributed by atoms with Crippen molar-refractivity contribution in [2.75, 3.05) is 6.61 Å². The predicted octanol–water partition coefficient (Wildman–Crippen LogP) is -0.841. The van der Waals surface area contributed by atoms with Crippen molar-refractivity contribution in [3.63, 3.8) is 0 Å². The van der Waals surface area contributed by atoms with Gasteiger partial charge in [0.05, 0.1) is 18.1 Å². The van der Waals surface area contributed by atoms with Crippen LogP contribution >= 0.6 is 11.6 Å². The Hall–Kier alpha value is -0.320. The van der Waals surface area contributed by atoms with E-state index in [1.807, 2.05) is 6.92 Å². The topological polar surface area (TPSA) is 77.0 Å². The number of alkyl halides is 1. The number of aliphatic carboxylic acids is 1. The average Bonchev–Trinajstić information content (AvgIpc) is 2.15. The van der Waals surface area contributed by atoms with Gasteiger partial charge in [-0.3, -0.25) is 0 Å². The second-order valence-electron chi connectivity index (χ2n) is 4.28. The quantitative estimate of drug-likeness (QED) is 0.646. The third-order valence-electron chi connectivity index (χ3n) is 2.64. The van der Waals surface area contributed by atoms with E-state index < -0.39 is 17.3 Å². The summed E-state index contributed by atoms with van der Waals surface area (Å²) in [5.74, 6) is -1.64. The summed E-state index contributed by atoms with van der Waals surface area (Å²) < 4.78 is 5.55. The maximum atomic E-state index is 10.8. The number of carbonyl (C=O) groups excluding carboxylic acids is 1. The summed E-state index contributed by atoms with van der Waals surface area (Å²) in [6, 6.07) is 0.192. The van der Waals surface area contributed by atoms with Crippen LogP contribution in [0.4, 0.5) is 0 Å². The van der Waals surface area contributed by atoms with Crippen LogP contribution in [0, 0.1) is 5.92 Å². The summed E-state index contributed by atoms with van der Waals surface area (Å²) in [4.78, 5) is 10.8. The van der Waals surface area contributed by atoms with Gasteiger partial charge >= 0.3 is 0 Å². The van der Waals surface area contributed by atoms with Gasteiger partial charge in [0.2, 0.25) is 0 Å². The first-order chi connectivity index (χ1) is 7.02. The molecular formula is C10H18ClNO3. The number of carboxylic acid groups (broad SMARTS) is 1. The standard InChI is InChI=1S/C10H18ClNO3/c1-6(12)5-15-8-4-2-3-7(9(8)11)10(13)14/h6-9H,2-5,12H2,1H3,(H,13,14). The first-order valence-electron chi connectivity index (χ1n) is 5.32. The average molecular weight is 236 g/mol. The third kappa shape index (κ3) is 3.63. The maximum Gasteiger partial charge on any atom is 0.105 e. The Balaban J connectivity index is 2.47. The van der Waals surface area contributed by atoms with E-state index in [0.29, 0.717) is 13.0 Å². The number of carboxylic acids is 1. The molecule has 0 aromatic rings. The minimum Gasteiger partial charge on any atom is -0.550 e. The third-order valence-corrected chi connectivity index (χ3v) is 3.23. The molecule has 15 heavy (non-hydrogen) atoms. The molecule has 4 unspecified atom stereocenters. The van der Waals surface area contributed by atoms with Crippen LogP contribution < -0.4 is 10.8 Å². The largest absolute Gasteiger partial charge is 0.550 e. The van der Waals surface area contributed by atoms with Gasteiger partial charge < -0.3 is 20.4 Å². The van der Waals surface area contributed by atoms with E-state index in [2.05, 4.69) is 5.73 Å². The molecule has 0 saturated heterocycles. The minimum absolute atomic E-state index is 0.174. The fourth-order valence-electron chi connectivity index (χ4n) is 1.83. The van der Waals surface area contributed by atoms with Crippen LogP contribution in [0.1, 0.15) is 26.2 Å². The van der Waals surface area contributed by atoms with Crippen LogP contribution in [0.3, 0.4) is 0 Å². The van der Waals surface area contributed by atoms with E-state index in [0.717, 1.165) is 12.8 Å². The molecule has 1 aliphatic rings. The molecule has 0 bridgehead atoms. The number of hydrogen-bond donors (Lipinski definition) is 1. The molecule has 1 fully saturated rings. The monoisotopic (exact) mass is 235 g/mol. The smallest absolute Gasteiger partial charge is 0.105 e. The Bertz CT molecular complexity index is 223. The fourth-order valence-corrected chi connectivity index (χ4v) is 2.26. The Labute approximate surface area is 94.7 Å². The van der Waals surface area contributed by atoms with E-state index in [1.54, 1.807) is 0 Å². The molecule has 4 nitrogen and oxygen atoms in total. The predicted molar refractivity (Wildman–Crippen MR) is 54.1 cm³/mol. The first kappa shape index (κ1) is 12.7. The highest BCUT2D eigenvalue weighted by Gasteiger charge is 2.33. The van der Waals surface area contributed by atoms with Crippen molar-refractivity contribution in [3.8, 4) is 0 Å². The van der Waals surface area contributed by atoms with Crippen LogP contribution in [-0.4, -0.2) is 30.1 Å². The van der Waals surface area contributed by atoms with Crippen LogP contribution in [0.5, 0.6) is 0 Å². The molecule has 3 N–H and O–H groups in total. The second kappa shape index (κ2) is 5.68. The van der Waals surface area contributed by atoms with Gasteiger partial charge in [0.15, 0.2) is 0 Å². The van der Waals surface area contributed by atoms with Gasteiger partial charge in [0, 0.05) is 11.9 Å². The summed E-state index contributed by atoms with van der Waals surface area (Å²) in [5.41, 5.74) is 3.81. The summed E-state index contributed by atoms with van der Waals surface area (Å²) in [7, 11) is 0. The first-order valence-corrected chi connectivity index (χ1v) is 5.75. The molecule has 1 aliphatic carbocycles. The zero-order valence-corrected chi connectivity index (χ0v) is 9.70. The molecule has 5 heteroatoms. The zero-order chi connectivity index (χ0) is 11.4. The summed E-state index contributed by atoms with van der Waals surface area (Å²) >= 11 is 6.06. The van der Waals surface area contributed by atoms with Gasteiger partial charge in [0.1, 0.15) is 6.04 Å². The van der Waals surface area contributed by atoms with Crippen molar-refractivity contribution >= 4 is 17.6 Å². The van der Waals surface area contributed by atoms with Crippen molar-refractivity contribution in [2.45, 2.75) is 43.7 Å². The van der Waals surface area contributed by atoms with Crippen LogP contribution in [-0.2, 0) is 9.53 Å². The second-order valence-corrected chi connectivity index (χ2v) is 4.78. The number of hydrogen-bond acceptors (Lipinski definition) is 3. The Morgan fingerprint density at radius 3 is 2.87 bits per heavy atom. The van der Waals surface area contributed by atoms with E-state index in [1.165, 1.54) is 0 Å². The maximum absolute atomic E-state index is 10.8. The van der Waals surface area contributed by atoms with Crippen molar-refractivity contribution in [3.05, 3.63) is 0 Å². The van der Waals surface area contributed by atoms with Gasteiger partial charge in [-0.25, -0.2) is 0 Å². The van der Waals surface area contributed by atoms with Gasteiger partial charge in [0.25, 0.3) is 0 Å². The Morgan fingerprint density at radius 1 is 1.67 bits per heavy atom. The van der Waals surface area contributed by atoms with Crippen LogP contribution in [0.25, 0.3) is 0 Å². The lowest BCUT2D eigenvalue weighted by atomic mass is 9.86. The Kier molecular flexibility index (Phi) is 4.83. The van der Waals surface area contributed by atoms with Gasteiger partial charge in [-0.2, -0.15) is 0 Å². The molecule has 0 radical (unpaired) electrons. The highest BCUT2D eigenvalue weighted by atomic mass is 35.5. The normalized spacial score (nSPS) is 33.7.